The fourth-order valence-corrected chi connectivity index (χ4v) is 4.78. The molecule has 0 radical (unpaired) electrons. The van der Waals surface area contributed by atoms with E-state index in [-0.39, 0.29) is 18.2 Å². The van der Waals surface area contributed by atoms with Gasteiger partial charge in [-0.15, -0.1) is 0 Å². The number of carbonyl (C=O) groups excluding carboxylic acids is 2. The molecule has 2 heterocycles. The van der Waals surface area contributed by atoms with Crippen molar-refractivity contribution in [1.29, 1.82) is 0 Å². The third-order valence-electron chi connectivity index (χ3n) is 7.01. The van der Waals surface area contributed by atoms with Crippen LogP contribution in [0.2, 0.25) is 0 Å². The fourth-order valence-electron chi connectivity index (χ4n) is 4.78. The molecule has 2 aromatic carbocycles. The van der Waals surface area contributed by atoms with Crippen molar-refractivity contribution in [2.45, 2.75) is 32.9 Å². The first-order valence-corrected chi connectivity index (χ1v) is 11.7. The van der Waals surface area contributed by atoms with Crippen LogP contribution < -0.4 is 15.0 Å². The largest absolute Gasteiger partial charge is 0.496 e. The number of ether oxygens (including phenoxy) is 1. The molecular formula is C26H34N4O3. The van der Waals surface area contributed by atoms with Crippen molar-refractivity contribution < 1.29 is 14.3 Å². The number of anilines is 1. The molecule has 2 saturated heterocycles. The van der Waals surface area contributed by atoms with E-state index in [1.165, 1.54) is 11.3 Å². The van der Waals surface area contributed by atoms with Gasteiger partial charge in [-0.05, 0) is 48.7 Å². The van der Waals surface area contributed by atoms with Crippen LogP contribution in [-0.2, 0) is 16.1 Å². The number of carbonyl (C=O) groups is 2. The number of hydrogen-bond donors (Lipinski definition) is 1. The zero-order valence-electron chi connectivity index (χ0n) is 19.8. The number of amides is 2. The lowest BCUT2D eigenvalue weighted by Gasteiger charge is -2.39. The Hall–Kier alpha value is -3.06. The summed E-state index contributed by atoms with van der Waals surface area (Å²) in [7, 11) is 1.68. The van der Waals surface area contributed by atoms with Gasteiger partial charge < -0.3 is 19.9 Å². The highest BCUT2D eigenvalue weighted by Crippen LogP contribution is 2.26. The van der Waals surface area contributed by atoms with E-state index in [0.29, 0.717) is 26.2 Å². The number of nitrogens with zero attached hydrogens (tertiary/aromatic N) is 3. The van der Waals surface area contributed by atoms with Gasteiger partial charge in [0.15, 0.2) is 0 Å². The van der Waals surface area contributed by atoms with Crippen LogP contribution in [0.5, 0.6) is 5.75 Å². The van der Waals surface area contributed by atoms with Crippen molar-refractivity contribution >= 4 is 17.5 Å². The predicted octanol–water partition coefficient (Wildman–Crippen LogP) is 2.35. The molecule has 0 aromatic heterocycles. The van der Waals surface area contributed by atoms with Gasteiger partial charge in [-0.1, -0.05) is 24.3 Å². The molecule has 0 unspecified atom stereocenters. The molecule has 2 aliphatic heterocycles. The number of methoxy groups -OCH3 is 1. The molecule has 7 nitrogen and oxygen atoms in total. The van der Waals surface area contributed by atoms with E-state index < -0.39 is 6.04 Å². The van der Waals surface area contributed by atoms with Gasteiger partial charge in [0.1, 0.15) is 5.75 Å². The van der Waals surface area contributed by atoms with Crippen molar-refractivity contribution in [1.82, 2.24) is 15.1 Å². The van der Waals surface area contributed by atoms with Crippen LogP contribution in [0.15, 0.2) is 42.5 Å². The van der Waals surface area contributed by atoms with Crippen LogP contribution in [0.3, 0.4) is 0 Å². The van der Waals surface area contributed by atoms with Gasteiger partial charge in [0, 0.05) is 51.5 Å². The summed E-state index contributed by atoms with van der Waals surface area (Å²) in [5.74, 6) is 0.867. The Balaban J connectivity index is 1.40. The quantitative estimate of drug-likeness (QED) is 0.732. The van der Waals surface area contributed by atoms with Crippen molar-refractivity contribution in [3.05, 3.63) is 59.2 Å². The smallest absolute Gasteiger partial charge is 0.237 e. The molecule has 2 amide bonds. The summed E-state index contributed by atoms with van der Waals surface area (Å²) in [4.78, 5) is 32.2. The fraction of sp³-hybridized carbons (Fsp3) is 0.462. The maximum atomic E-state index is 13.1. The second kappa shape index (κ2) is 10.3. The number of hydrogen-bond acceptors (Lipinski definition) is 5. The number of para-hydroxylation sites is 1. The van der Waals surface area contributed by atoms with Crippen LogP contribution in [0, 0.1) is 13.8 Å². The van der Waals surface area contributed by atoms with Crippen molar-refractivity contribution in [2.75, 3.05) is 51.3 Å². The summed E-state index contributed by atoms with van der Waals surface area (Å²) in [5.41, 5.74) is 4.63. The number of nitrogens with one attached hydrogen (secondary N) is 1. The van der Waals surface area contributed by atoms with Gasteiger partial charge in [-0.25, -0.2) is 0 Å². The third-order valence-corrected chi connectivity index (χ3v) is 7.01. The molecule has 2 aliphatic rings. The number of piperazine rings is 2. The van der Waals surface area contributed by atoms with Gasteiger partial charge in [0.05, 0.1) is 19.6 Å². The standard InChI is InChI=1S/C26H34N4O3/c1-19-20(2)24(33-3)10-9-21(19)18-30-12-11-27-26(32)23(30)17-25(31)29-15-13-28(14-16-29)22-7-5-4-6-8-22/h4-10,23H,11-18H2,1-3H3,(H,27,32)/t23-/m1/s1. The maximum absolute atomic E-state index is 13.1. The van der Waals surface area contributed by atoms with Gasteiger partial charge in [0.2, 0.25) is 11.8 Å². The second-order valence-corrected chi connectivity index (χ2v) is 8.86. The first-order chi connectivity index (χ1) is 16.0. The molecule has 2 aromatic rings. The lowest BCUT2D eigenvalue weighted by atomic mass is 10.00. The molecule has 0 bridgehead atoms. The summed E-state index contributed by atoms with van der Waals surface area (Å²) < 4.78 is 5.43. The molecule has 4 rings (SSSR count). The van der Waals surface area contributed by atoms with E-state index in [1.54, 1.807) is 7.11 Å². The Bertz CT molecular complexity index is 987. The lowest BCUT2D eigenvalue weighted by molar-refractivity contribution is -0.139. The van der Waals surface area contributed by atoms with Gasteiger partial charge in [0.25, 0.3) is 0 Å². The molecular weight excluding hydrogens is 416 g/mol. The van der Waals surface area contributed by atoms with Crippen molar-refractivity contribution in [3.63, 3.8) is 0 Å². The first kappa shape index (κ1) is 23.1. The second-order valence-electron chi connectivity index (χ2n) is 8.86. The third kappa shape index (κ3) is 5.14. The van der Waals surface area contributed by atoms with Crippen LogP contribution >= 0.6 is 0 Å². The van der Waals surface area contributed by atoms with Crippen LogP contribution in [0.25, 0.3) is 0 Å². The van der Waals surface area contributed by atoms with E-state index in [0.717, 1.165) is 36.5 Å². The van der Waals surface area contributed by atoms with Crippen molar-refractivity contribution in [2.24, 2.45) is 0 Å². The van der Waals surface area contributed by atoms with Crippen LogP contribution in [0.4, 0.5) is 5.69 Å². The number of benzene rings is 2. The molecule has 33 heavy (non-hydrogen) atoms. The highest BCUT2D eigenvalue weighted by atomic mass is 16.5. The zero-order chi connectivity index (χ0) is 23.4. The summed E-state index contributed by atoms with van der Waals surface area (Å²) in [6, 6.07) is 13.9. The molecule has 0 spiro atoms. The highest BCUT2D eigenvalue weighted by Gasteiger charge is 2.34. The molecule has 1 atom stereocenters. The topological polar surface area (TPSA) is 65.1 Å². The highest BCUT2D eigenvalue weighted by molar-refractivity contribution is 5.89. The van der Waals surface area contributed by atoms with Gasteiger partial charge in [-0.2, -0.15) is 0 Å². The van der Waals surface area contributed by atoms with E-state index >= 15 is 0 Å². The maximum Gasteiger partial charge on any atom is 0.237 e. The molecule has 7 heteroatoms. The van der Waals surface area contributed by atoms with E-state index in [9.17, 15) is 9.59 Å². The van der Waals surface area contributed by atoms with Gasteiger partial charge >= 0.3 is 0 Å². The van der Waals surface area contributed by atoms with Crippen LogP contribution in [0.1, 0.15) is 23.1 Å². The normalized spacial score (nSPS) is 19.4. The Morgan fingerprint density at radius 1 is 1.00 bits per heavy atom. The number of rotatable bonds is 6. The summed E-state index contributed by atoms with van der Waals surface area (Å²) in [5, 5.41) is 2.95. The summed E-state index contributed by atoms with van der Waals surface area (Å²) >= 11 is 0. The molecule has 0 aliphatic carbocycles. The van der Waals surface area contributed by atoms with E-state index in [4.69, 9.17) is 4.74 Å². The van der Waals surface area contributed by atoms with E-state index in [1.807, 2.05) is 29.2 Å². The molecule has 0 saturated carbocycles. The minimum absolute atomic E-state index is 0.0531. The Labute approximate surface area is 196 Å². The average molecular weight is 451 g/mol. The summed E-state index contributed by atoms with van der Waals surface area (Å²) in [6.07, 6.45) is 0.214. The zero-order valence-corrected chi connectivity index (χ0v) is 19.8. The van der Waals surface area contributed by atoms with E-state index in [2.05, 4.69) is 47.2 Å². The average Bonchev–Trinajstić information content (AvgIpc) is 2.85. The Morgan fingerprint density at radius 3 is 2.42 bits per heavy atom. The first-order valence-electron chi connectivity index (χ1n) is 11.7. The SMILES string of the molecule is COc1ccc(CN2CCNC(=O)[C@H]2CC(=O)N2CCN(c3ccccc3)CC2)c(C)c1C. The lowest BCUT2D eigenvalue weighted by Crippen LogP contribution is -2.57. The summed E-state index contributed by atoms with van der Waals surface area (Å²) in [6.45, 7) is 9.09. The molecule has 2 fully saturated rings. The van der Waals surface area contributed by atoms with Crippen LogP contribution in [-0.4, -0.2) is 74.0 Å². The van der Waals surface area contributed by atoms with Gasteiger partial charge in [-0.3, -0.25) is 14.5 Å². The van der Waals surface area contributed by atoms with Crippen molar-refractivity contribution in [3.8, 4) is 5.75 Å². The molecule has 176 valence electrons. The monoisotopic (exact) mass is 450 g/mol. The Morgan fingerprint density at radius 2 is 1.73 bits per heavy atom. The minimum atomic E-state index is -0.444. The predicted molar refractivity (Wildman–Crippen MR) is 130 cm³/mol. The minimum Gasteiger partial charge on any atom is -0.496 e. The molecule has 1 N–H and O–H groups in total. The Kier molecular flexibility index (Phi) is 7.18.